The van der Waals surface area contributed by atoms with Crippen molar-refractivity contribution in [3.05, 3.63) is 21.4 Å². The molecule has 3 rings (SSSR count). The van der Waals surface area contributed by atoms with E-state index in [0.717, 1.165) is 0 Å². The molecule has 0 radical (unpaired) electrons. The summed E-state index contributed by atoms with van der Waals surface area (Å²) in [6.45, 7) is 0. The number of thiophene rings is 1. The van der Waals surface area contributed by atoms with Gasteiger partial charge in [-0.3, -0.25) is 0 Å². The average molecular weight is 235 g/mol. The Balaban J connectivity index is 1.90. The summed E-state index contributed by atoms with van der Waals surface area (Å²) < 4.78 is 0. The molecule has 0 aliphatic heterocycles. The molecule has 2 heteroatoms. The van der Waals surface area contributed by atoms with E-state index in [1.165, 1.54) is 62.7 Å². The third kappa shape index (κ3) is 1.82. The lowest BCUT2D eigenvalue weighted by molar-refractivity contribution is 0.307. The first-order valence-electron chi connectivity index (χ1n) is 6.69. The van der Waals surface area contributed by atoms with Crippen molar-refractivity contribution >= 4 is 11.3 Å². The average Bonchev–Trinajstić information content (AvgIpc) is 2.74. The predicted molar refractivity (Wildman–Crippen MR) is 69.9 cm³/mol. The van der Waals surface area contributed by atoms with Gasteiger partial charge >= 0.3 is 0 Å². The van der Waals surface area contributed by atoms with Crippen LogP contribution in [0.5, 0.6) is 0 Å². The molecule has 0 aromatic carbocycles. The van der Waals surface area contributed by atoms with Crippen molar-refractivity contribution in [2.45, 2.75) is 63.3 Å². The van der Waals surface area contributed by atoms with Crippen molar-refractivity contribution in [1.82, 2.24) is 0 Å². The van der Waals surface area contributed by atoms with Crippen LogP contribution in [0.3, 0.4) is 0 Å². The number of nitrogens with two attached hydrogens (primary N) is 1. The van der Waals surface area contributed by atoms with E-state index < -0.39 is 0 Å². The highest BCUT2D eigenvalue weighted by Gasteiger charge is 2.32. The molecule has 0 atom stereocenters. The number of hydrogen-bond acceptors (Lipinski definition) is 2. The van der Waals surface area contributed by atoms with Gasteiger partial charge in [0.05, 0.1) is 5.54 Å². The largest absolute Gasteiger partial charge is 0.321 e. The van der Waals surface area contributed by atoms with Crippen LogP contribution in [-0.2, 0) is 18.4 Å². The summed E-state index contributed by atoms with van der Waals surface area (Å²) in [6, 6.07) is 2.44. The van der Waals surface area contributed by atoms with E-state index in [2.05, 4.69) is 6.07 Å². The summed E-state index contributed by atoms with van der Waals surface area (Å²) in [5.74, 6) is 0. The maximum atomic E-state index is 6.60. The zero-order valence-corrected chi connectivity index (χ0v) is 10.7. The van der Waals surface area contributed by atoms with E-state index in [1.54, 1.807) is 10.4 Å². The summed E-state index contributed by atoms with van der Waals surface area (Å²) in [7, 11) is 0. The molecule has 0 amide bonds. The number of fused-ring (bicyclic) bond motifs is 1. The van der Waals surface area contributed by atoms with Gasteiger partial charge in [-0.1, -0.05) is 19.3 Å². The Morgan fingerprint density at radius 3 is 2.50 bits per heavy atom. The van der Waals surface area contributed by atoms with Gasteiger partial charge < -0.3 is 5.73 Å². The zero-order chi connectivity index (χ0) is 11.0. The smallest absolute Gasteiger partial charge is 0.0503 e. The van der Waals surface area contributed by atoms with E-state index in [0.29, 0.717) is 0 Å². The topological polar surface area (TPSA) is 26.0 Å². The Bertz CT molecular complexity index is 351. The van der Waals surface area contributed by atoms with Crippen LogP contribution in [0.1, 0.15) is 60.3 Å². The molecule has 2 N–H and O–H groups in total. The van der Waals surface area contributed by atoms with Gasteiger partial charge in [0.25, 0.3) is 0 Å². The molecule has 1 aromatic rings. The van der Waals surface area contributed by atoms with E-state index in [4.69, 9.17) is 5.73 Å². The molecule has 2 aliphatic rings. The van der Waals surface area contributed by atoms with Crippen molar-refractivity contribution in [2.24, 2.45) is 5.73 Å². The van der Waals surface area contributed by atoms with Gasteiger partial charge in [0.2, 0.25) is 0 Å². The molecule has 2 aliphatic carbocycles. The second kappa shape index (κ2) is 4.15. The molecule has 1 heterocycles. The fourth-order valence-corrected chi connectivity index (χ4v) is 4.58. The first-order valence-corrected chi connectivity index (χ1v) is 7.50. The summed E-state index contributed by atoms with van der Waals surface area (Å²) in [5.41, 5.74) is 8.24. The Hall–Kier alpha value is -0.340. The van der Waals surface area contributed by atoms with Gasteiger partial charge in [-0.25, -0.2) is 0 Å². The summed E-state index contributed by atoms with van der Waals surface area (Å²) in [4.78, 5) is 3.12. The minimum atomic E-state index is 0.0280. The van der Waals surface area contributed by atoms with Crippen molar-refractivity contribution in [2.75, 3.05) is 0 Å². The van der Waals surface area contributed by atoms with Crippen molar-refractivity contribution in [3.8, 4) is 0 Å². The lowest BCUT2D eigenvalue weighted by atomic mass is 9.81. The normalized spacial score (nSPS) is 24.1. The maximum absolute atomic E-state index is 6.60. The van der Waals surface area contributed by atoms with Crippen LogP contribution in [0, 0.1) is 0 Å². The molecule has 1 aromatic heterocycles. The van der Waals surface area contributed by atoms with Crippen molar-refractivity contribution in [1.29, 1.82) is 0 Å². The fraction of sp³-hybridized carbons (Fsp3) is 0.714. The highest BCUT2D eigenvalue weighted by atomic mass is 32.1. The van der Waals surface area contributed by atoms with E-state index in [-0.39, 0.29) is 5.54 Å². The van der Waals surface area contributed by atoms with Crippen molar-refractivity contribution < 1.29 is 0 Å². The highest BCUT2D eigenvalue weighted by Crippen LogP contribution is 2.41. The molecule has 0 saturated heterocycles. The second-order valence-electron chi connectivity index (χ2n) is 5.48. The fourth-order valence-electron chi connectivity index (χ4n) is 3.17. The zero-order valence-electron chi connectivity index (χ0n) is 9.93. The van der Waals surface area contributed by atoms with Crippen molar-refractivity contribution in [3.63, 3.8) is 0 Å². The van der Waals surface area contributed by atoms with E-state index in [9.17, 15) is 0 Å². The number of aryl methyl sites for hydroxylation is 2. The second-order valence-corrected chi connectivity index (χ2v) is 6.62. The predicted octanol–water partition coefficient (Wildman–Crippen LogP) is 3.75. The van der Waals surface area contributed by atoms with E-state index in [1.807, 2.05) is 11.3 Å². The number of hydrogen-bond donors (Lipinski definition) is 1. The molecule has 1 saturated carbocycles. The molecule has 1 fully saturated rings. The third-order valence-electron chi connectivity index (χ3n) is 4.23. The summed E-state index contributed by atoms with van der Waals surface area (Å²) in [5, 5.41) is 0. The van der Waals surface area contributed by atoms with Gasteiger partial charge in [0, 0.05) is 9.75 Å². The van der Waals surface area contributed by atoms with Crippen LogP contribution in [0.25, 0.3) is 0 Å². The molecule has 1 nitrogen and oxygen atoms in total. The van der Waals surface area contributed by atoms with Gasteiger partial charge in [-0.15, -0.1) is 11.3 Å². The van der Waals surface area contributed by atoms with Crippen LogP contribution >= 0.6 is 11.3 Å². The molecule has 0 unspecified atom stereocenters. The van der Waals surface area contributed by atoms with Gasteiger partial charge in [-0.05, 0) is 50.2 Å². The SMILES string of the molecule is NC1(c2cc3c(s2)CCCC3)CCCCC1. The lowest BCUT2D eigenvalue weighted by Crippen LogP contribution is -2.37. The molecule has 88 valence electrons. The van der Waals surface area contributed by atoms with Gasteiger partial charge in [0.1, 0.15) is 0 Å². The summed E-state index contributed by atoms with van der Waals surface area (Å²) >= 11 is 2.02. The standard InChI is InChI=1S/C14H21NS/c15-14(8-4-1-5-9-14)13-10-11-6-2-3-7-12(11)16-13/h10H,1-9,15H2. The first kappa shape index (κ1) is 10.8. The van der Waals surface area contributed by atoms with Gasteiger partial charge in [-0.2, -0.15) is 0 Å². The Kier molecular flexibility index (Phi) is 2.80. The molecule has 0 bridgehead atoms. The highest BCUT2D eigenvalue weighted by molar-refractivity contribution is 7.12. The van der Waals surface area contributed by atoms with Gasteiger partial charge in [0.15, 0.2) is 0 Å². The molecule has 0 spiro atoms. The van der Waals surface area contributed by atoms with E-state index >= 15 is 0 Å². The minimum Gasteiger partial charge on any atom is -0.321 e. The third-order valence-corrected chi connectivity index (χ3v) is 5.69. The first-order chi connectivity index (χ1) is 7.78. The Morgan fingerprint density at radius 1 is 1.00 bits per heavy atom. The maximum Gasteiger partial charge on any atom is 0.0503 e. The lowest BCUT2D eigenvalue weighted by Gasteiger charge is -2.32. The minimum absolute atomic E-state index is 0.0280. The summed E-state index contributed by atoms with van der Waals surface area (Å²) in [6.07, 6.45) is 11.8. The van der Waals surface area contributed by atoms with Crippen LogP contribution in [0.15, 0.2) is 6.07 Å². The number of rotatable bonds is 1. The van der Waals surface area contributed by atoms with Crippen LogP contribution in [-0.4, -0.2) is 0 Å². The van der Waals surface area contributed by atoms with Crippen LogP contribution in [0.4, 0.5) is 0 Å². The molecular weight excluding hydrogens is 214 g/mol. The molecular formula is C14H21NS. The quantitative estimate of drug-likeness (QED) is 0.788. The molecule has 16 heavy (non-hydrogen) atoms. The Labute approximate surface area is 102 Å². The Morgan fingerprint density at radius 2 is 1.75 bits per heavy atom. The van der Waals surface area contributed by atoms with Crippen LogP contribution < -0.4 is 5.73 Å². The monoisotopic (exact) mass is 235 g/mol. The van der Waals surface area contributed by atoms with Crippen LogP contribution in [0.2, 0.25) is 0 Å².